The number of fused-ring (bicyclic) bond motifs is 2. The third-order valence-electron chi connectivity index (χ3n) is 5.72. The lowest BCUT2D eigenvalue weighted by Gasteiger charge is -2.11. The van der Waals surface area contributed by atoms with Gasteiger partial charge in [0.15, 0.2) is 0 Å². The molecule has 0 aliphatic rings. The molecule has 0 saturated carbocycles. The van der Waals surface area contributed by atoms with Gasteiger partial charge in [-0.25, -0.2) is 4.98 Å². The van der Waals surface area contributed by atoms with Crippen molar-refractivity contribution in [2.75, 3.05) is 0 Å². The maximum Gasteiger partial charge on any atom is 0.252 e. The quantitative estimate of drug-likeness (QED) is 0.468. The Labute approximate surface area is 184 Å². The lowest BCUT2D eigenvalue weighted by Crippen LogP contribution is -2.26. The molecule has 0 unspecified atom stereocenters. The average Bonchev–Trinajstić information content (AvgIpc) is 3.23. The molecule has 0 aliphatic carbocycles. The van der Waals surface area contributed by atoms with Gasteiger partial charge in [-0.1, -0.05) is 54.6 Å². The minimum Gasteiger partial charge on any atom is -0.348 e. The van der Waals surface area contributed by atoms with Crippen LogP contribution in [0.3, 0.4) is 0 Å². The fraction of sp³-hybridized carbons (Fsp3) is 0.115. The van der Waals surface area contributed by atoms with Crippen molar-refractivity contribution >= 4 is 27.8 Å². The molecule has 0 saturated heterocycles. The number of carbonyl (C=O) groups excluding carboxylic acids is 1. The van der Waals surface area contributed by atoms with Crippen LogP contribution in [0.1, 0.15) is 21.5 Å². The van der Waals surface area contributed by atoms with Crippen LogP contribution in [-0.4, -0.2) is 20.0 Å². The van der Waals surface area contributed by atoms with Crippen LogP contribution in [0.15, 0.2) is 90.0 Å². The number of nitrogens with zero attached hydrogens (tertiary/aromatic N) is 3. The Morgan fingerprint density at radius 3 is 2.53 bits per heavy atom. The molecule has 6 nitrogen and oxygen atoms in total. The van der Waals surface area contributed by atoms with Crippen LogP contribution in [0.2, 0.25) is 0 Å². The molecule has 1 N–H and O–H groups in total. The Hall–Kier alpha value is -4.19. The highest BCUT2D eigenvalue weighted by molar-refractivity contribution is 6.06. The first-order chi connectivity index (χ1) is 15.6. The predicted octanol–water partition coefficient (Wildman–Crippen LogP) is 3.87. The largest absolute Gasteiger partial charge is 0.348 e. The van der Waals surface area contributed by atoms with Gasteiger partial charge in [0, 0.05) is 31.6 Å². The van der Waals surface area contributed by atoms with E-state index in [9.17, 15) is 9.59 Å². The molecule has 158 valence electrons. The number of aryl methyl sites for hydroxylation is 1. The molecule has 5 rings (SSSR count). The third kappa shape index (κ3) is 3.67. The van der Waals surface area contributed by atoms with Crippen molar-refractivity contribution in [2.45, 2.75) is 13.1 Å². The molecule has 2 heterocycles. The highest BCUT2D eigenvalue weighted by Gasteiger charge is 2.13. The normalized spacial score (nSPS) is 11.2. The minimum absolute atomic E-state index is 0.205. The van der Waals surface area contributed by atoms with E-state index < -0.39 is 0 Å². The van der Waals surface area contributed by atoms with E-state index in [0.717, 1.165) is 33.1 Å². The van der Waals surface area contributed by atoms with Gasteiger partial charge >= 0.3 is 0 Å². The molecule has 0 radical (unpaired) electrons. The zero-order valence-electron chi connectivity index (χ0n) is 17.7. The van der Waals surface area contributed by atoms with Gasteiger partial charge in [-0.05, 0) is 29.3 Å². The minimum atomic E-state index is -0.259. The summed E-state index contributed by atoms with van der Waals surface area (Å²) < 4.78 is 3.66. The second-order valence-electron chi connectivity index (χ2n) is 7.84. The van der Waals surface area contributed by atoms with E-state index in [1.54, 1.807) is 11.6 Å². The van der Waals surface area contributed by atoms with E-state index in [4.69, 9.17) is 0 Å². The molecular formula is C26H22N4O2. The topological polar surface area (TPSA) is 68.9 Å². The standard InChI is InChI=1S/C26H22N4O2/c1-29-23-11-4-2-9-20(23)21(14-25(29)31)26(32)27-15-18-7-6-8-19(13-18)16-30-17-28-22-10-3-5-12-24(22)30/h2-14,17H,15-16H2,1H3,(H,27,32). The summed E-state index contributed by atoms with van der Waals surface area (Å²) in [5, 5.41) is 3.72. The van der Waals surface area contributed by atoms with Gasteiger partial charge in [-0.3, -0.25) is 9.59 Å². The summed E-state index contributed by atoms with van der Waals surface area (Å²) in [6, 6.07) is 25.0. The number of aromatic nitrogens is 3. The number of pyridine rings is 1. The van der Waals surface area contributed by atoms with Crippen molar-refractivity contribution in [1.82, 2.24) is 19.4 Å². The number of hydrogen-bond donors (Lipinski definition) is 1. The Morgan fingerprint density at radius 2 is 1.66 bits per heavy atom. The molecular weight excluding hydrogens is 400 g/mol. The summed E-state index contributed by atoms with van der Waals surface area (Å²) in [6.45, 7) is 1.07. The van der Waals surface area contributed by atoms with Gasteiger partial charge in [0.1, 0.15) is 0 Å². The fourth-order valence-corrected chi connectivity index (χ4v) is 4.05. The fourth-order valence-electron chi connectivity index (χ4n) is 4.05. The van der Waals surface area contributed by atoms with E-state index in [1.807, 2.05) is 60.9 Å². The number of rotatable bonds is 5. The Bertz CT molecular complexity index is 1510. The summed E-state index contributed by atoms with van der Waals surface area (Å²) >= 11 is 0. The SMILES string of the molecule is Cn1c(=O)cc(C(=O)NCc2cccc(Cn3cnc4ccccc43)c2)c2ccccc21. The van der Waals surface area contributed by atoms with Gasteiger partial charge < -0.3 is 14.5 Å². The van der Waals surface area contributed by atoms with Gasteiger partial charge in [0.2, 0.25) is 0 Å². The van der Waals surface area contributed by atoms with Crippen LogP contribution in [0, 0.1) is 0 Å². The summed E-state index contributed by atoms with van der Waals surface area (Å²) in [7, 11) is 1.71. The van der Waals surface area contributed by atoms with Gasteiger partial charge in [-0.15, -0.1) is 0 Å². The van der Waals surface area contributed by atoms with Gasteiger partial charge in [-0.2, -0.15) is 0 Å². The zero-order chi connectivity index (χ0) is 22.1. The molecule has 0 atom stereocenters. The zero-order valence-corrected chi connectivity index (χ0v) is 17.7. The molecule has 0 aliphatic heterocycles. The van der Waals surface area contributed by atoms with E-state index in [2.05, 4.69) is 33.1 Å². The third-order valence-corrected chi connectivity index (χ3v) is 5.72. The van der Waals surface area contributed by atoms with Crippen molar-refractivity contribution in [2.24, 2.45) is 7.05 Å². The Kier molecular flexibility index (Phi) is 5.03. The Morgan fingerprint density at radius 1 is 0.906 bits per heavy atom. The van der Waals surface area contributed by atoms with Crippen LogP contribution in [0.5, 0.6) is 0 Å². The van der Waals surface area contributed by atoms with E-state index >= 15 is 0 Å². The highest BCUT2D eigenvalue weighted by Crippen LogP contribution is 2.17. The number of hydrogen-bond acceptors (Lipinski definition) is 3. The monoisotopic (exact) mass is 422 g/mol. The average molecular weight is 422 g/mol. The van der Waals surface area contributed by atoms with E-state index in [0.29, 0.717) is 18.7 Å². The van der Waals surface area contributed by atoms with Crippen LogP contribution in [-0.2, 0) is 20.1 Å². The van der Waals surface area contributed by atoms with Gasteiger partial charge in [0.25, 0.3) is 11.5 Å². The highest BCUT2D eigenvalue weighted by atomic mass is 16.2. The molecule has 5 aromatic rings. The van der Waals surface area contributed by atoms with Crippen LogP contribution in [0.4, 0.5) is 0 Å². The molecule has 2 aromatic heterocycles. The predicted molar refractivity (Wildman–Crippen MR) is 126 cm³/mol. The van der Waals surface area contributed by atoms with E-state index in [-0.39, 0.29) is 11.5 Å². The number of para-hydroxylation sites is 3. The van der Waals surface area contributed by atoms with Crippen molar-refractivity contribution < 1.29 is 4.79 Å². The first-order valence-corrected chi connectivity index (χ1v) is 10.4. The molecule has 6 heteroatoms. The first kappa shape index (κ1) is 19.8. The number of carbonyl (C=O) groups is 1. The number of amides is 1. The molecule has 0 bridgehead atoms. The lowest BCUT2D eigenvalue weighted by atomic mass is 10.1. The maximum absolute atomic E-state index is 12.9. The van der Waals surface area contributed by atoms with E-state index in [1.165, 1.54) is 6.07 Å². The second-order valence-corrected chi connectivity index (χ2v) is 7.84. The summed E-state index contributed by atoms with van der Waals surface area (Å²) in [5.74, 6) is -0.259. The van der Waals surface area contributed by atoms with Crippen molar-refractivity contribution in [3.8, 4) is 0 Å². The maximum atomic E-state index is 12.9. The summed E-state index contributed by atoms with van der Waals surface area (Å²) in [5.41, 5.74) is 5.10. The molecule has 1 amide bonds. The summed E-state index contributed by atoms with van der Waals surface area (Å²) in [6.07, 6.45) is 1.85. The van der Waals surface area contributed by atoms with Crippen molar-refractivity contribution in [3.05, 3.63) is 112 Å². The smallest absolute Gasteiger partial charge is 0.252 e. The van der Waals surface area contributed by atoms with Crippen LogP contribution < -0.4 is 10.9 Å². The molecule has 32 heavy (non-hydrogen) atoms. The number of imidazole rings is 1. The molecule has 0 fully saturated rings. The van der Waals surface area contributed by atoms with Crippen molar-refractivity contribution in [3.63, 3.8) is 0 Å². The molecule has 0 spiro atoms. The number of nitrogens with one attached hydrogen (secondary N) is 1. The first-order valence-electron chi connectivity index (χ1n) is 10.4. The summed E-state index contributed by atoms with van der Waals surface area (Å²) in [4.78, 5) is 29.7. The van der Waals surface area contributed by atoms with Crippen molar-refractivity contribution in [1.29, 1.82) is 0 Å². The van der Waals surface area contributed by atoms with Gasteiger partial charge in [0.05, 0.1) is 28.4 Å². The molecule has 3 aromatic carbocycles. The Balaban J connectivity index is 1.35. The lowest BCUT2D eigenvalue weighted by molar-refractivity contribution is 0.0952. The van der Waals surface area contributed by atoms with Crippen LogP contribution in [0.25, 0.3) is 21.9 Å². The van der Waals surface area contributed by atoms with Crippen LogP contribution >= 0.6 is 0 Å². The second kappa shape index (κ2) is 8.15. The number of benzene rings is 3.